The van der Waals surface area contributed by atoms with E-state index in [4.69, 9.17) is 0 Å². The molecule has 0 aliphatic carbocycles. The summed E-state index contributed by atoms with van der Waals surface area (Å²) < 4.78 is 11.3. The fourth-order valence-corrected chi connectivity index (χ4v) is 2.83. The molecule has 1 atom stereocenters. The Kier molecular flexibility index (Phi) is 7.25. The van der Waals surface area contributed by atoms with Crippen LogP contribution in [0.4, 0.5) is 0 Å². The number of hydrogen-bond acceptors (Lipinski definition) is 3. The molecule has 1 fully saturated rings. The Labute approximate surface area is 102 Å². The second-order valence-corrected chi connectivity index (χ2v) is 6.37. The van der Waals surface area contributed by atoms with Crippen molar-refractivity contribution >= 4 is 10.8 Å². The molecule has 96 valence electrons. The molecule has 1 saturated heterocycles. The molecule has 0 aromatic heterocycles. The molecule has 0 bridgehead atoms. The van der Waals surface area contributed by atoms with Crippen molar-refractivity contribution in [1.82, 2.24) is 10.2 Å². The molecule has 3 nitrogen and oxygen atoms in total. The van der Waals surface area contributed by atoms with Gasteiger partial charge in [-0.2, -0.15) is 0 Å². The van der Waals surface area contributed by atoms with Crippen LogP contribution >= 0.6 is 0 Å². The minimum absolute atomic E-state index is 0.614. The van der Waals surface area contributed by atoms with Crippen LogP contribution in [0.3, 0.4) is 0 Å². The Morgan fingerprint density at radius 1 is 1.31 bits per heavy atom. The van der Waals surface area contributed by atoms with Gasteiger partial charge in [-0.15, -0.1) is 0 Å². The molecule has 0 spiro atoms. The highest BCUT2D eigenvalue weighted by Gasteiger charge is 2.17. The van der Waals surface area contributed by atoms with Crippen molar-refractivity contribution in [2.75, 3.05) is 37.7 Å². The smallest absolute Gasteiger partial charge is 0.0360 e. The first kappa shape index (κ1) is 14.1. The van der Waals surface area contributed by atoms with Crippen molar-refractivity contribution in [2.24, 2.45) is 0 Å². The topological polar surface area (TPSA) is 32.3 Å². The summed E-state index contributed by atoms with van der Waals surface area (Å²) in [5, 5.41) is 3.53. The van der Waals surface area contributed by atoms with Gasteiger partial charge < -0.3 is 10.2 Å². The first-order valence-corrected chi connectivity index (χ1v) is 8.05. The summed E-state index contributed by atoms with van der Waals surface area (Å²) in [7, 11) is -0.614. The molecule has 1 heterocycles. The molecule has 0 saturated carbocycles. The van der Waals surface area contributed by atoms with Crippen molar-refractivity contribution in [2.45, 2.75) is 39.2 Å². The van der Waals surface area contributed by atoms with Crippen molar-refractivity contribution in [3.05, 3.63) is 0 Å². The van der Waals surface area contributed by atoms with E-state index < -0.39 is 10.8 Å². The highest BCUT2D eigenvalue weighted by Crippen LogP contribution is 2.10. The summed E-state index contributed by atoms with van der Waals surface area (Å²) in [4.78, 5) is 2.54. The lowest BCUT2D eigenvalue weighted by atomic mass is 10.1. The average Bonchev–Trinajstić information content (AvgIpc) is 2.31. The highest BCUT2D eigenvalue weighted by molar-refractivity contribution is 7.84. The van der Waals surface area contributed by atoms with Gasteiger partial charge in [0.05, 0.1) is 0 Å². The minimum Gasteiger partial charge on any atom is -0.313 e. The summed E-state index contributed by atoms with van der Waals surface area (Å²) in [6, 6.07) is 0.655. The van der Waals surface area contributed by atoms with E-state index in [1.165, 1.54) is 38.9 Å². The van der Waals surface area contributed by atoms with Crippen LogP contribution in [0.1, 0.15) is 33.1 Å². The molecular weight excluding hydrogens is 220 g/mol. The summed E-state index contributed by atoms with van der Waals surface area (Å²) >= 11 is 0. The van der Waals surface area contributed by atoms with Crippen LogP contribution in [-0.2, 0) is 10.8 Å². The Bertz CT molecular complexity index is 203. The maximum atomic E-state index is 11.3. The predicted octanol–water partition coefficient (Wildman–Crippen LogP) is 1.22. The first-order chi connectivity index (χ1) is 7.76. The van der Waals surface area contributed by atoms with Gasteiger partial charge in [0.1, 0.15) is 0 Å². The van der Waals surface area contributed by atoms with Crippen molar-refractivity contribution in [3.63, 3.8) is 0 Å². The fraction of sp³-hybridized carbons (Fsp3) is 1.00. The molecule has 0 radical (unpaired) electrons. The normalized spacial score (nSPS) is 21.1. The second-order valence-electron chi connectivity index (χ2n) is 4.50. The summed E-state index contributed by atoms with van der Waals surface area (Å²) in [6.45, 7) is 8.83. The zero-order valence-corrected chi connectivity index (χ0v) is 11.5. The second kappa shape index (κ2) is 8.20. The van der Waals surface area contributed by atoms with Crippen molar-refractivity contribution < 1.29 is 4.21 Å². The molecule has 16 heavy (non-hydrogen) atoms. The maximum absolute atomic E-state index is 11.3. The minimum atomic E-state index is -0.614. The number of hydrogen-bond donors (Lipinski definition) is 1. The van der Waals surface area contributed by atoms with E-state index in [0.717, 1.165) is 18.1 Å². The summed E-state index contributed by atoms with van der Waals surface area (Å²) in [6.07, 6.45) is 3.76. The summed E-state index contributed by atoms with van der Waals surface area (Å²) in [5.41, 5.74) is 0. The molecule has 1 N–H and O–H groups in total. The quantitative estimate of drug-likeness (QED) is 0.733. The molecule has 1 unspecified atom stereocenters. The van der Waals surface area contributed by atoms with Gasteiger partial charge in [0.25, 0.3) is 0 Å². The van der Waals surface area contributed by atoms with E-state index in [2.05, 4.69) is 17.1 Å². The van der Waals surface area contributed by atoms with Gasteiger partial charge in [0.15, 0.2) is 0 Å². The van der Waals surface area contributed by atoms with Gasteiger partial charge in [-0.05, 0) is 38.9 Å². The molecule has 0 aromatic rings. The van der Waals surface area contributed by atoms with Crippen LogP contribution < -0.4 is 5.32 Å². The van der Waals surface area contributed by atoms with E-state index in [1.807, 2.05) is 6.92 Å². The number of nitrogens with zero attached hydrogens (tertiary/aromatic N) is 1. The third-order valence-electron chi connectivity index (χ3n) is 3.21. The lowest BCUT2D eigenvalue weighted by Crippen LogP contribution is -2.43. The lowest BCUT2D eigenvalue weighted by Gasteiger charge is -2.32. The third kappa shape index (κ3) is 5.41. The van der Waals surface area contributed by atoms with E-state index in [9.17, 15) is 4.21 Å². The fourth-order valence-electron chi connectivity index (χ4n) is 2.20. The van der Waals surface area contributed by atoms with Crippen molar-refractivity contribution in [1.29, 1.82) is 0 Å². The van der Waals surface area contributed by atoms with Gasteiger partial charge in [0.2, 0.25) is 0 Å². The first-order valence-electron chi connectivity index (χ1n) is 6.57. The molecule has 1 aliphatic rings. The Morgan fingerprint density at radius 2 is 2.00 bits per heavy atom. The monoisotopic (exact) mass is 246 g/mol. The number of likely N-dealkylation sites (tertiary alicyclic amines) is 1. The predicted molar refractivity (Wildman–Crippen MR) is 71.3 cm³/mol. The summed E-state index contributed by atoms with van der Waals surface area (Å²) in [5.74, 6) is 1.60. The van der Waals surface area contributed by atoms with Crippen LogP contribution in [0, 0.1) is 0 Å². The molecule has 4 heteroatoms. The van der Waals surface area contributed by atoms with E-state index in [1.54, 1.807) is 0 Å². The van der Waals surface area contributed by atoms with E-state index in [-0.39, 0.29) is 0 Å². The molecule has 0 aromatic carbocycles. The number of nitrogens with one attached hydrogen (secondary N) is 1. The lowest BCUT2D eigenvalue weighted by molar-refractivity contribution is 0.199. The van der Waals surface area contributed by atoms with E-state index >= 15 is 0 Å². The Balaban J connectivity index is 2.06. The van der Waals surface area contributed by atoms with E-state index in [0.29, 0.717) is 6.04 Å². The molecular formula is C12H26N2OS. The van der Waals surface area contributed by atoms with Crippen LogP contribution in [0.2, 0.25) is 0 Å². The zero-order chi connectivity index (χ0) is 11.8. The van der Waals surface area contributed by atoms with Gasteiger partial charge in [0, 0.05) is 34.9 Å². The van der Waals surface area contributed by atoms with Gasteiger partial charge in [-0.3, -0.25) is 4.21 Å². The van der Waals surface area contributed by atoms with Gasteiger partial charge in [-0.25, -0.2) is 0 Å². The van der Waals surface area contributed by atoms with Crippen LogP contribution in [-0.4, -0.2) is 52.8 Å². The number of piperidine rings is 1. The SMILES string of the molecule is CCCN1CCC(NCCS(=O)CC)CC1. The number of rotatable bonds is 7. The van der Waals surface area contributed by atoms with Crippen LogP contribution in [0.25, 0.3) is 0 Å². The molecule has 1 aliphatic heterocycles. The Hall–Kier alpha value is 0.0700. The molecule has 1 rings (SSSR count). The van der Waals surface area contributed by atoms with Crippen molar-refractivity contribution in [3.8, 4) is 0 Å². The Morgan fingerprint density at radius 3 is 2.56 bits per heavy atom. The maximum Gasteiger partial charge on any atom is 0.0360 e. The van der Waals surface area contributed by atoms with Crippen LogP contribution in [0.5, 0.6) is 0 Å². The van der Waals surface area contributed by atoms with Gasteiger partial charge >= 0.3 is 0 Å². The molecule has 0 amide bonds. The van der Waals surface area contributed by atoms with Gasteiger partial charge in [-0.1, -0.05) is 13.8 Å². The third-order valence-corrected chi connectivity index (χ3v) is 4.52. The highest BCUT2D eigenvalue weighted by atomic mass is 32.2. The average molecular weight is 246 g/mol. The largest absolute Gasteiger partial charge is 0.313 e. The zero-order valence-electron chi connectivity index (χ0n) is 10.7. The van der Waals surface area contributed by atoms with Crippen LogP contribution in [0.15, 0.2) is 0 Å². The standard InChI is InChI=1S/C12H26N2OS/c1-3-8-14-9-5-12(6-10-14)13-7-11-16(15)4-2/h12-13H,3-11H2,1-2H3.